The summed E-state index contributed by atoms with van der Waals surface area (Å²) in [5.74, 6) is -0.283. The van der Waals surface area contributed by atoms with Crippen molar-refractivity contribution in [2.24, 2.45) is 0 Å². The lowest BCUT2D eigenvalue weighted by atomic mass is 10.0. The molecular weight excluding hydrogens is 448 g/mol. The number of hydrogen-bond donors (Lipinski definition) is 1. The third-order valence-corrected chi connectivity index (χ3v) is 7.36. The molecule has 0 bridgehead atoms. The Morgan fingerprint density at radius 3 is 2.30 bits per heavy atom. The standard InChI is InChI=1S/C22H32N4O6S/c1-16(27)19(23-21(28)20-5-4-10-26(20)33(3,30)31)15-17-6-8-18(9-7-17)32-22(29)25-13-11-24(2)12-14-25/h6-9,19-20H,4-5,10-15H2,1-3H3,(H,23,28)/t19-,20?/m0/s1. The molecule has 2 amide bonds. The van der Waals surface area contributed by atoms with Gasteiger partial charge in [-0.15, -0.1) is 0 Å². The first-order chi connectivity index (χ1) is 15.5. The number of carbonyl (C=O) groups is 3. The predicted octanol–water partition coefficient (Wildman–Crippen LogP) is 0.473. The molecule has 1 aromatic carbocycles. The van der Waals surface area contributed by atoms with Crippen LogP contribution in [0.2, 0.25) is 0 Å². The summed E-state index contributed by atoms with van der Waals surface area (Å²) in [6, 6.07) is 5.23. The Morgan fingerprint density at radius 2 is 1.73 bits per heavy atom. The molecule has 2 aliphatic heterocycles. The first-order valence-corrected chi connectivity index (χ1v) is 12.9. The highest BCUT2D eigenvalue weighted by Gasteiger charge is 2.37. The molecule has 0 saturated carbocycles. The van der Waals surface area contributed by atoms with E-state index in [9.17, 15) is 22.8 Å². The minimum atomic E-state index is -3.50. The zero-order chi connectivity index (χ0) is 24.2. The van der Waals surface area contributed by atoms with Crippen molar-refractivity contribution in [2.75, 3.05) is 46.0 Å². The molecule has 0 spiro atoms. The SMILES string of the molecule is CC(=O)[C@H](Cc1ccc(OC(=O)N2CCN(C)CC2)cc1)NC(=O)C1CCCN1S(C)(=O)=O. The van der Waals surface area contributed by atoms with Crippen LogP contribution in [0.4, 0.5) is 4.79 Å². The van der Waals surface area contributed by atoms with Crippen molar-refractivity contribution in [3.63, 3.8) is 0 Å². The molecule has 2 aliphatic rings. The average molecular weight is 481 g/mol. The number of nitrogens with one attached hydrogen (secondary N) is 1. The zero-order valence-corrected chi connectivity index (χ0v) is 20.1. The first kappa shape index (κ1) is 25.1. The van der Waals surface area contributed by atoms with Gasteiger partial charge in [-0.2, -0.15) is 4.31 Å². The number of benzene rings is 1. The van der Waals surface area contributed by atoms with E-state index in [1.165, 1.54) is 11.2 Å². The number of sulfonamides is 1. The molecule has 2 saturated heterocycles. The molecule has 2 heterocycles. The van der Waals surface area contributed by atoms with Gasteiger partial charge in [0.25, 0.3) is 0 Å². The van der Waals surface area contributed by atoms with Crippen molar-refractivity contribution in [3.8, 4) is 5.75 Å². The van der Waals surface area contributed by atoms with Gasteiger partial charge in [-0.3, -0.25) is 9.59 Å². The lowest BCUT2D eigenvalue weighted by molar-refractivity contribution is -0.128. The highest BCUT2D eigenvalue weighted by molar-refractivity contribution is 7.88. The van der Waals surface area contributed by atoms with Crippen LogP contribution in [0.1, 0.15) is 25.3 Å². The van der Waals surface area contributed by atoms with Crippen LogP contribution in [0.3, 0.4) is 0 Å². The van der Waals surface area contributed by atoms with E-state index in [4.69, 9.17) is 4.74 Å². The Labute approximate surface area is 194 Å². The summed E-state index contributed by atoms with van der Waals surface area (Å²) in [4.78, 5) is 41.0. The van der Waals surface area contributed by atoms with Crippen LogP contribution in [0.25, 0.3) is 0 Å². The largest absolute Gasteiger partial charge is 0.415 e. The van der Waals surface area contributed by atoms with Crippen molar-refractivity contribution < 1.29 is 27.5 Å². The highest BCUT2D eigenvalue weighted by Crippen LogP contribution is 2.21. The van der Waals surface area contributed by atoms with Crippen molar-refractivity contribution >= 4 is 27.8 Å². The maximum absolute atomic E-state index is 12.7. The molecule has 0 radical (unpaired) electrons. The van der Waals surface area contributed by atoms with E-state index in [1.54, 1.807) is 29.2 Å². The molecule has 0 aromatic heterocycles. The molecule has 0 aliphatic carbocycles. The maximum atomic E-state index is 12.7. The first-order valence-electron chi connectivity index (χ1n) is 11.1. The second-order valence-corrected chi connectivity index (χ2v) is 10.6. The third kappa shape index (κ3) is 6.75. The van der Waals surface area contributed by atoms with Crippen molar-refractivity contribution in [2.45, 2.75) is 38.3 Å². The summed E-state index contributed by atoms with van der Waals surface area (Å²) in [7, 11) is -1.49. The zero-order valence-electron chi connectivity index (χ0n) is 19.3. The molecule has 1 N–H and O–H groups in total. The van der Waals surface area contributed by atoms with Crippen LogP contribution in [0, 0.1) is 0 Å². The summed E-state index contributed by atoms with van der Waals surface area (Å²) < 4.78 is 30.5. The molecule has 10 nitrogen and oxygen atoms in total. The fourth-order valence-electron chi connectivity index (χ4n) is 4.05. The Hall–Kier alpha value is -2.50. The van der Waals surface area contributed by atoms with Crippen LogP contribution in [0.5, 0.6) is 5.75 Å². The number of piperazine rings is 1. The molecule has 2 atom stereocenters. The summed E-state index contributed by atoms with van der Waals surface area (Å²) in [6.45, 7) is 4.52. The van der Waals surface area contributed by atoms with Crippen LogP contribution in [-0.2, 0) is 26.0 Å². The van der Waals surface area contributed by atoms with Gasteiger partial charge in [-0.05, 0) is 50.9 Å². The van der Waals surface area contributed by atoms with E-state index in [1.807, 2.05) is 7.05 Å². The summed E-state index contributed by atoms with van der Waals surface area (Å²) >= 11 is 0. The van der Waals surface area contributed by atoms with E-state index < -0.39 is 34.1 Å². The average Bonchev–Trinajstić information content (AvgIpc) is 3.26. The number of likely N-dealkylation sites (N-methyl/N-ethyl adjacent to an activating group) is 1. The van der Waals surface area contributed by atoms with Crippen molar-refractivity contribution in [3.05, 3.63) is 29.8 Å². The molecular formula is C22H32N4O6S. The number of Topliss-reactive ketones (excluding diaryl/α,β-unsaturated/α-hetero) is 1. The normalized spacial score (nSPS) is 20.9. The third-order valence-electron chi connectivity index (χ3n) is 6.07. The van der Waals surface area contributed by atoms with Gasteiger partial charge in [-0.1, -0.05) is 12.1 Å². The van der Waals surface area contributed by atoms with Crippen LogP contribution < -0.4 is 10.1 Å². The van der Waals surface area contributed by atoms with Gasteiger partial charge in [0.1, 0.15) is 11.8 Å². The number of hydrogen-bond acceptors (Lipinski definition) is 7. The summed E-state index contributed by atoms with van der Waals surface area (Å²) in [5, 5.41) is 2.71. The van der Waals surface area contributed by atoms with Crippen LogP contribution >= 0.6 is 0 Å². The van der Waals surface area contributed by atoms with Gasteiger partial charge in [0.15, 0.2) is 5.78 Å². The molecule has 182 valence electrons. The Kier molecular flexibility index (Phi) is 8.09. The van der Waals surface area contributed by atoms with E-state index in [0.29, 0.717) is 38.2 Å². The van der Waals surface area contributed by atoms with Crippen molar-refractivity contribution in [1.82, 2.24) is 19.4 Å². The second kappa shape index (κ2) is 10.6. The number of carbonyl (C=O) groups excluding carboxylic acids is 3. The number of ether oxygens (including phenoxy) is 1. The van der Waals surface area contributed by atoms with Gasteiger partial charge in [0.2, 0.25) is 15.9 Å². The summed E-state index contributed by atoms with van der Waals surface area (Å²) in [6.07, 6.45) is 1.97. The van der Waals surface area contributed by atoms with Crippen molar-refractivity contribution in [1.29, 1.82) is 0 Å². The van der Waals surface area contributed by atoms with E-state index >= 15 is 0 Å². The quantitative estimate of drug-likeness (QED) is 0.603. The fourth-order valence-corrected chi connectivity index (χ4v) is 5.17. The van der Waals surface area contributed by atoms with Gasteiger partial charge in [0.05, 0.1) is 12.3 Å². The van der Waals surface area contributed by atoms with Gasteiger partial charge < -0.3 is 19.9 Å². The lowest BCUT2D eigenvalue weighted by Gasteiger charge is -2.31. The Bertz CT molecular complexity index is 973. The van der Waals surface area contributed by atoms with Crippen LogP contribution in [0.15, 0.2) is 24.3 Å². The Morgan fingerprint density at radius 1 is 1.09 bits per heavy atom. The summed E-state index contributed by atoms with van der Waals surface area (Å²) in [5.41, 5.74) is 0.779. The van der Waals surface area contributed by atoms with E-state index in [-0.39, 0.29) is 12.2 Å². The van der Waals surface area contributed by atoms with Crippen LogP contribution in [-0.4, -0.2) is 98.4 Å². The number of amides is 2. The molecule has 11 heteroatoms. The minimum Gasteiger partial charge on any atom is -0.410 e. The van der Waals surface area contributed by atoms with E-state index in [0.717, 1.165) is 24.9 Å². The monoisotopic (exact) mass is 480 g/mol. The number of nitrogens with zero attached hydrogens (tertiary/aromatic N) is 3. The van der Waals surface area contributed by atoms with E-state index in [2.05, 4.69) is 10.2 Å². The second-order valence-electron chi connectivity index (χ2n) is 8.71. The Balaban J connectivity index is 1.58. The van der Waals surface area contributed by atoms with Gasteiger partial charge >= 0.3 is 6.09 Å². The highest BCUT2D eigenvalue weighted by atomic mass is 32.2. The van der Waals surface area contributed by atoms with Gasteiger partial charge in [0, 0.05) is 32.7 Å². The van der Waals surface area contributed by atoms with Gasteiger partial charge in [-0.25, -0.2) is 13.2 Å². The smallest absolute Gasteiger partial charge is 0.410 e. The lowest BCUT2D eigenvalue weighted by Crippen LogP contribution is -2.50. The molecule has 33 heavy (non-hydrogen) atoms. The molecule has 3 rings (SSSR count). The number of ketones is 1. The topological polar surface area (TPSA) is 116 Å². The maximum Gasteiger partial charge on any atom is 0.415 e. The minimum absolute atomic E-state index is 0.224. The molecule has 2 fully saturated rings. The fraction of sp³-hybridized carbons (Fsp3) is 0.591. The predicted molar refractivity (Wildman–Crippen MR) is 122 cm³/mol. The molecule has 1 aromatic rings. The molecule has 1 unspecified atom stereocenters. The number of rotatable bonds is 7.